The number of carbonyl (C=O) groups excluding carboxylic acids is 2. The van der Waals surface area contributed by atoms with Gasteiger partial charge in [0.05, 0.1) is 0 Å². The maximum absolute atomic E-state index is 12.0. The Morgan fingerprint density at radius 1 is 1.16 bits per heavy atom. The number of halogens is 1. The minimum atomic E-state index is -0.840. The first kappa shape index (κ1) is 21.2. The number of hydrogen-bond donors (Lipinski definition) is 2. The fraction of sp³-hybridized carbons (Fsp3) is 0.474. The van der Waals surface area contributed by atoms with Gasteiger partial charge in [0.25, 0.3) is 0 Å². The molecule has 0 aliphatic heterocycles. The van der Waals surface area contributed by atoms with E-state index >= 15 is 0 Å². The first-order chi connectivity index (χ1) is 11.6. The molecule has 6 heteroatoms. The van der Waals surface area contributed by atoms with Crippen LogP contribution in [0.5, 0.6) is 0 Å². The van der Waals surface area contributed by atoms with E-state index in [9.17, 15) is 9.59 Å². The second-order valence-electron chi connectivity index (χ2n) is 6.13. The summed E-state index contributed by atoms with van der Waals surface area (Å²) in [6.07, 6.45) is 7.63. The van der Waals surface area contributed by atoms with E-state index in [1.165, 1.54) is 6.42 Å². The number of nitrogens with two attached hydrogens (primary N) is 1. The number of rotatable bonds is 9. The molecule has 0 unspecified atom stereocenters. The van der Waals surface area contributed by atoms with Crippen molar-refractivity contribution >= 4 is 35.2 Å². The van der Waals surface area contributed by atoms with Crippen molar-refractivity contribution in [3.8, 4) is 0 Å². The Hall–Kier alpha value is -1.85. The van der Waals surface area contributed by atoms with Crippen molar-refractivity contribution in [2.75, 3.05) is 0 Å². The number of H-pyrrole nitrogens is 1. The molecule has 1 atom stereocenters. The topological polar surface area (TPSA) is 85.2 Å². The van der Waals surface area contributed by atoms with Gasteiger partial charge in [-0.05, 0) is 18.1 Å². The van der Waals surface area contributed by atoms with E-state index in [2.05, 4.69) is 11.9 Å². The van der Waals surface area contributed by atoms with Gasteiger partial charge in [0, 0.05) is 29.9 Å². The van der Waals surface area contributed by atoms with Crippen molar-refractivity contribution in [3.63, 3.8) is 0 Å². The minimum Gasteiger partial charge on any atom is -0.392 e. The summed E-state index contributed by atoms with van der Waals surface area (Å²) in [5, 5.41) is 1.03. The number of aromatic amines is 1. The van der Waals surface area contributed by atoms with Gasteiger partial charge in [-0.25, -0.2) is 4.79 Å². The third kappa shape index (κ3) is 6.52. The van der Waals surface area contributed by atoms with Crippen LogP contribution in [0, 0.1) is 0 Å². The van der Waals surface area contributed by atoms with Crippen LogP contribution in [0.25, 0.3) is 10.9 Å². The molecule has 0 fully saturated rings. The van der Waals surface area contributed by atoms with Crippen molar-refractivity contribution in [1.82, 2.24) is 4.98 Å². The molecule has 1 heterocycles. The molecule has 2 rings (SSSR count). The number of hydrogen-bond acceptors (Lipinski definition) is 4. The molecule has 0 radical (unpaired) electrons. The molecule has 1 aromatic heterocycles. The van der Waals surface area contributed by atoms with Crippen LogP contribution in [0.3, 0.4) is 0 Å². The predicted octanol–water partition coefficient (Wildman–Crippen LogP) is 3.89. The maximum Gasteiger partial charge on any atom is 0.330 e. The number of ether oxygens (including phenoxy) is 1. The van der Waals surface area contributed by atoms with E-state index < -0.39 is 18.0 Å². The molecule has 2 aromatic rings. The molecule has 0 spiro atoms. The molecule has 0 bridgehead atoms. The van der Waals surface area contributed by atoms with Gasteiger partial charge in [0.2, 0.25) is 0 Å². The predicted molar refractivity (Wildman–Crippen MR) is 102 cm³/mol. The van der Waals surface area contributed by atoms with Gasteiger partial charge >= 0.3 is 11.9 Å². The zero-order valence-corrected chi connectivity index (χ0v) is 15.4. The summed E-state index contributed by atoms with van der Waals surface area (Å²) in [5.41, 5.74) is 7.84. The van der Waals surface area contributed by atoms with Gasteiger partial charge < -0.3 is 15.5 Å². The third-order valence-electron chi connectivity index (χ3n) is 4.12. The fourth-order valence-electron chi connectivity index (χ4n) is 2.73. The van der Waals surface area contributed by atoms with Gasteiger partial charge in [-0.2, -0.15) is 0 Å². The molecule has 138 valence electrons. The Morgan fingerprint density at radius 2 is 1.88 bits per heavy atom. The summed E-state index contributed by atoms with van der Waals surface area (Å²) >= 11 is 0. The molecule has 0 saturated carbocycles. The number of unbranched alkanes of at least 4 members (excludes halogenated alkanes) is 4. The molecule has 25 heavy (non-hydrogen) atoms. The van der Waals surface area contributed by atoms with Crippen molar-refractivity contribution < 1.29 is 14.3 Å². The molecule has 5 nitrogen and oxygen atoms in total. The van der Waals surface area contributed by atoms with Gasteiger partial charge in [0.15, 0.2) is 0 Å². The summed E-state index contributed by atoms with van der Waals surface area (Å²) in [6.45, 7) is 2.14. The van der Waals surface area contributed by atoms with E-state index in [-0.39, 0.29) is 18.8 Å². The van der Waals surface area contributed by atoms with Crippen LogP contribution >= 0.6 is 12.4 Å². The van der Waals surface area contributed by atoms with Gasteiger partial charge in [-0.1, -0.05) is 50.8 Å². The maximum atomic E-state index is 12.0. The summed E-state index contributed by atoms with van der Waals surface area (Å²) in [7, 11) is 0. The first-order valence-corrected chi connectivity index (χ1v) is 8.67. The lowest BCUT2D eigenvalue weighted by Crippen LogP contribution is -2.35. The summed E-state index contributed by atoms with van der Waals surface area (Å²) in [4.78, 5) is 26.8. The van der Waals surface area contributed by atoms with Crippen LogP contribution < -0.4 is 5.73 Å². The van der Waals surface area contributed by atoms with Crippen LogP contribution in [0.15, 0.2) is 30.5 Å². The first-order valence-electron chi connectivity index (χ1n) is 8.67. The van der Waals surface area contributed by atoms with Crippen LogP contribution in [-0.4, -0.2) is 23.0 Å². The van der Waals surface area contributed by atoms with Gasteiger partial charge in [-0.3, -0.25) is 4.79 Å². The van der Waals surface area contributed by atoms with E-state index in [1.807, 2.05) is 30.5 Å². The standard InChI is InChI=1S/C19H26N2O3.ClH/c1-2-3-4-5-6-11-18(22)24-19(23)16(20)12-14-13-21-17-10-8-7-9-15(14)17;/h7-10,13,16,21H,2-6,11-12,20H2,1H3;1H/t16-;/m0./s1. The number of aromatic nitrogens is 1. The smallest absolute Gasteiger partial charge is 0.330 e. The Morgan fingerprint density at radius 3 is 2.64 bits per heavy atom. The molecule has 0 saturated heterocycles. The van der Waals surface area contributed by atoms with Crippen molar-refractivity contribution in [1.29, 1.82) is 0 Å². The average molecular weight is 367 g/mol. The van der Waals surface area contributed by atoms with Gasteiger partial charge in [-0.15, -0.1) is 12.4 Å². The molecule has 3 N–H and O–H groups in total. The largest absolute Gasteiger partial charge is 0.392 e. The van der Waals surface area contributed by atoms with Crippen LogP contribution in [0.1, 0.15) is 51.0 Å². The second kappa shape index (κ2) is 10.9. The molecular formula is C19H27ClN2O3. The van der Waals surface area contributed by atoms with Gasteiger partial charge in [0.1, 0.15) is 6.04 Å². The van der Waals surface area contributed by atoms with E-state index in [1.54, 1.807) is 0 Å². The molecule has 0 aliphatic rings. The average Bonchev–Trinajstić information content (AvgIpc) is 2.98. The number of nitrogens with one attached hydrogen (secondary N) is 1. The quantitative estimate of drug-likeness (QED) is 0.400. The highest BCUT2D eigenvalue weighted by atomic mass is 35.5. The lowest BCUT2D eigenvalue weighted by atomic mass is 10.1. The highest BCUT2D eigenvalue weighted by Gasteiger charge is 2.20. The normalized spacial score (nSPS) is 11.8. The number of para-hydroxylation sites is 1. The highest BCUT2D eigenvalue weighted by Crippen LogP contribution is 2.19. The Kier molecular flexibility index (Phi) is 9.24. The number of fused-ring (bicyclic) bond motifs is 1. The van der Waals surface area contributed by atoms with Crippen LogP contribution in [-0.2, 0) is 20.7 Å². The lowest BCUT2D eigenvalue weighted by molar-refractivity contribution is -0.160. The Labute approximate surface area is 154 Å². The van der Waals surface area contributed by atoms with E-state index in [0.29, 0.717) is 6.42 Å². The molecule has 0 aliphatic carbocycles. The fourth-order valence-corrected chi connectivity index (χ4v) is 2.73. The summed E-state index contributed by atoms with van der Waals surface area (Å²) in [5.74, 6) is -1.13. The number of carbonyl (C=O) groups is 2. The molecular weight excluding hydrogens is 340 g/mol. The molecule has 0 amide bonds. The van der Waals surface area contributed by atoms with E-state index in [4.69, 9.17) is 10.5 Å². The summed E-state index contributed by atoms with van der Waals surface area (Å²) in [6, 6.07) is 6.97. The monoisotopic (exact) mass is 366 g/mol. The van der Waals surface area contributed by atoms with Crippen molar-refractivity contribution in [2.24, 2.45) is 5.73 Å². The zero-order chi connectivity index (χ0) is 17.4. The zero-order valence-electron chi connectivity index (χ0n) is 14.6. The van der Waals surface area contributed by atoms with Crippen molar-refractivity contribution in [2.45, 2.75) is 57.9 Å². The highest BCUT2D eigenvalue weighted by molar-refractivity contribution is 5.89. The van der Waals surface area contributed by atoms with Crippen molar-refractivity contribution in [3.05, 3.63) is 36.0 Å². The SMILES string of the molecule is CCCCCCCC(=O)OC(=O)[C@@H](N)Cc1c[nH]c2ccccc12.Cl. The number of benzene rings is 1. The Bertz CT molecular complexity index is 684. The number of esters is 2. The third-order valence-corrected chi connectivity index (χ3v) is 4.12. The van der Waals surface area contributed by atoms with Crippen LogP contribution in [0.2, 0.25) is 0 Å². The van der Waals surface area contributed by atoms with E-state index in [0.717, 1.165) is 42.1 Å². The Balaban J connectivity index is 0.00000312. The van der Waals surface area contributed by atoms with Crippen LogP contribution in [0.4, 0.5) is 0 Å². The second-order valence-corrected chi connectivity index (χ2v) is 6.13. The minimum absolute atomic E-state index is 0. The lowest BCUT2D eigenvalue weighted by Gasteiger charge is -2.10. The molecule has 1 aromatic carbocycles. The summed E-state index contributed by atoms with van der Waals surface area (Å²) < 4.78 is 4.87.